The number of hydrogen-bond donors (Lipinski definition) is 0. The Labute approximate surface area is 371 Å². The Hall–Kier alpha value is -8.14. The summed E-state index contributed by atoms with van der Waals surface area (Å²) < 4.78 is 12.7. The highest BCUT2D eigenvalue weighted by Crippen LogP contribution is 2.58. The summed E-state index contributed by atoms with van der Waals surface area (Å²) in [6.45, 7) is 0. The smallest absolute Gasteiger partial charge is 0.143 e. The van der Waals surface area contributed by atoms with E-state index in [1.807, 2.05) is 24.3 Å². The van der Waals surface area contributed by atoms with Gasteiger partial charge in [0, 0.05) is 44.2 Å². The molecule has 2 aliphatic rings. The molecule has 2 aliphatic carbocycles. The minimum atomic E-state index is -0.436. The largest absolute Gasteiger partial charge is 0.456 e. The van der Waals surface area contributed by atoms with Crippen molar-refractivity contribution >= 4 is 60.9 Å². The quantitative estimate of drug-likeness (QED) is 0.160. The third-order valence-corrected chi connectivity index (χ3v) is 13.7. The first-order chi connectivity index (χ1) is 31.7. The van der Waals surface area contributed by atoms with Crippen molar-refractivity contribution in [3.05, 3.63) is 247 Å². The molecule has 0 saturated carbocycles. The molecule has 0 N–H and O–H groups in total. The van der Waals surface area contributed by atoms with Crippen LogP contribution in [0.15, 0.2) is 239 Å². The van der Waals surface area contributed by atoms with Crippen LogP contribution in [0.5, 0.6) is 0 Å². The highest BCUT2D eigenvalue weighted by atomic mass is 16.3. The first kappa shape index (κ1) is 36.5. The normalized spacial score (nSPS) is 15.5. The summed E-state index contributed by atoms with van der Waals surface area (Å²) in [5, 5.41) is 4.52. The predicted molar refractivity (Wildman–Crippen MR) is 265 cm³/mol. The Kier molecular flexibility index (Phi) is 8.26. The lowest BCUT2D eigenvalue weighted by Gasteiger charge is -2.37. The molecule has 1 atom stereocenters. The van der Waals surface area contributed by atoms with Crippen LogP contribution >= 0.6 is 0 Å². The molecule has 0 amide bonds. The summed E-state index contributed by atoms with van der Waals surface area (Å²) >= 11 is 0. The maximum Gasteiger partial charge on any atom is 0.143 e. The number of benzene rings is 9. The number of para-hydroxylation sites is 3. The standard InChI is InChI=1S/C61H41NO2/c1-3-14-43(15-4-1)61(44-16-5-2-6-17-44)55-23-10-7-18-49(55)50-36-35-47(39-56(50)61)62(45-31-26-40(27-32-45)42-30-37-59-54(38-42)52-20-9-11-24-57(52)63-59)46-33-28-41(29-34-46)48-21-13-22-53-51-19-8-12-25-58(51)64-60(48)53/h1-5,7-16,18-39H,6,17H2. The number of allylic oxidation sites excluding steroid dienone is 4. The molecule has 0 bridgehead atoms. The summed E-state index contributed by atoms with van der Waals surface area (Å²) in [6, 6.07) is 74.8. The van der Waals surface area contributed by atoms with Crippen molar-refractivity contribution in [1.82, 2.24) is 0 Å². The molecular formula is C61H41NO2. The number of anilines is 3. The van der Waals surface area contributed by atoms with Crippen molar-refractivity contribution in [3.63, 3.8) is 0 Å². The highest BCUT2D eigenvalue weighted by molar-refractivity contribution is 6.10. The van der Waals surface area contributed by atoms with Gasteiger partial charge in [-0.3, -0.25) is 0 Å². The first-order valence-electron chi connectivity index (χ1n) is 22.2. The molecule has 0 aliphatic heterocycles. The van der Waals surface area contributed by atoms with Crippen molar-refractivity contribution in [2.75, 3.05) is 4.90 Å². The Bertz CT molecular complexity index is 3660. The molecule has 11 aromatic rings. The van der Waals surface area contributed by atoms with Crippen LogP contribution in [0.25, 0.3) is 77.3 Å². The van der Waals surface area contributed by atoms with Crippen LogP contribution in [-0.2, 0) is 5.41 Å². The number of nitrogens with zero attached hydrogens (tertiary/aromatic N) is 1. The lowest BCUT2D eigenvalue weighted by molar-refractivity contribution is 0.669. The zero-order valence-corrected chi connectivity index (χ0v) is 35.0. The molecule has 2 aromatic heterocycles. The summed E-state index contributed by atoms with van der Waals surface area (Å²) in [5.74, 6) is 0. The van der Waals surface area contributed by atoms with Crippen molar-refractivity contribution in [1.29, 1.82) is 0 Å². The second-order valence-corrected chi connectivity index (χ2v) is 17.1. The molecule has 9 aromatic carbocycles. The molecule has 0 saturated heterocycles. The summed E-state index contributed by atoms with van der Waals surface area (Å²) in [7, 11) is 0. The second-order valence-electron chi connectivity index (χ2n) is 17.1. The van der Waals surface area contributed by atoms with E-state index < -0.39 is 5.41 Å². The molecule has 64 heavy (non-hydrogen) atoms. The van der Waals surface area contributed by atoms with E-state index in [2.05, 4.69) is 205 Å². The first-order valence-corrected chi connectivity index (χ1v) is 22.2. The van der Waals surface area contributed by atoms with Gasteiger partial charge in [0.1, 0.15) is 22.3 Å². The van der Waals surface area contributed by atoms with E-state index in [9.17, 15) is 0 Å². The molecule has 2 heterocycles. The van der Waals surface area contributed by atoms with Gasteiger partial charge in [0.15, 0.2) is 0 Å². The highest BCUT2D eigenvalue weighted by Gasteiger charge is 2.47. The van der Waals surface area contributed by atoms with Crippen molar-refractivity contribution in [2.24, 2.45) is 0 Å². The van der Waals surface area contributed by atoms with Gasteiger partial charge < -0.3 is 13.7 Å². The van der Waals surface area contributed by atoms with Gasteiger partial charge in [-0.15, -0.1) is 0 Å². The molecule has 0 fully saturated rings. The monoisotopic (exact) mass is 819 g/mol. The van der Waals surface area contributed by atoms with Gasteiger partial charge in [0.2, 0.25) is 0 Å². The molecule has 0 radical (unpaired) electrons. The fourth-order valence-corrected chi connectivity index (χ4v) is 10.8. The van der Waals surface area contributed by atoms with Gasteiger partial charge in [-0.2, -0.15) is 0 Å². The van der Waals surface area contributed by atoms with Crippen LogP contribution in [0.3, 0.4) is 0 Å². The Balaban J connectivity index is 0.979. The van der Waals surface area contributed by atoms with E-state index in [0.717, 1.165) is 96.0 Å². The fraction of sp³-hybridized carbons (Fsp3) is 0.0492. The summed E-state index contributed by atoms with van der Waals surface area (Å²) in [5.41, 5.74) is 18.9. The van der Waals surface area contributed by atoms with Crippen molar-refractivity contribution in [3.8, 4) is 33.4 Å². The molecule has 13 rings (SSSR count). The topological polar surface area (TPSA) is 29.5 Å². The molecule has 1 unspecified atom stereocenters. The van der Waals surface area contributed by atoms with E-state index in [0.29, 0.717) is 0 Å². The molecule has 3 nitrogen and oxygen atoms in total. The van der Waals surface area contributed by atoms with Gasteiger partial charge in [0.25, 0.3) is 0 Å². The minimum absolute atomic E-state index is 0.436. The number of rotatable bonds is 7. The average Bonchev–Trinajstić information content (AvgIpc) is 4.03. The third-order valence-electron chi connectivity index (χ3n) is 13.7. The van der Waals surface area contributed by atoms with E-state index in [-0.39, 0.29) is 0 Å². The SMILES string of the molecule is C1=CCCC(C2(c3ccccc3)c3ccccc3-c3ccc(N(c4ccc(-c5ccc6oc7ccccc7c6c5)cc4)c4ccc(-c5cccc6c5oc5ccccc56)cc4)cc32)=C1. The summed E-state index contributed by atoms with van der Waals surface area (Å²) in [4.78, 5) is 2.41. The third kappa shape index (κ3) is 5.54. The maximum atomic E-state index is 6.49. The number of furan rings is 2. The molecule has 3 heteroatoms. The molecule has 0 spiro atoms. The van der Waals surface area contributed by atoms with Gasteiger partial charge >= 0.3 is 0 Å². The van der Waals surface area contributed by atoms with Crippen LogP contribution in [0, 0.1) is 0 Å². The van der Waals surface area contributed by atoms with Crippen molar-refractivity contribution < 1.29 is 8.83 Å². The lowest BCUT2D eigenvalue weighted by atomic mass is 9.65. The van der Waals surface area contributed by atoms with Crippen LogP contribution in [0.2, 0.25) is 0 Å². The van der Waals surface area contributed by atoms with Crippen LogP contribution in [0.4, 0.5) is 17.1 Å². The zero-order chi connectivity index (χ0) is 42.2. The maximum absolute atomic E-state index is 6.49. The number of fused-ring (bicyclic) bond motifs is 9. The summed E-state index contributed by atoms with van der Waals surface area (Å²) in [6.07, 6.45) is 8.93. The Morgan fingerprint density at radius 2 is 1.02 bits per heavy atom. The van der Waals surface area contributed by atoms with Crippen LogP contribution in [0.1, 0.15) is 29.5 Å². The average molecular weight is 820 g/mol. The van der Waals surface area contributed by atoms with Crippen LogP contribution < -0.4 is 4.90 Å². The van der Waals surface area contributed by atoms with E-state index in [1.54, 1.807) is 0 Å². The van der Waals surface area contributed by atoms with Gasteiger partial charge in [-0.1, -0.05) is 169 Å². The minimum Gasteiger partial charge on any atom is -0.456 e. The Morgan fingerprint density at radius 1 is 0.406 bits per heavy atom. The zero-order valence-electron chi connectivity index (χ0n) is 35.0. The van der Waals surface area contributed by atoms with Gasteiger partial charge in [0.05, 0.1) is 5.41 Å². The Morgan fingerprint density at radius 3 is 1.80 bits per heavy atom. The van der Waals surface area contributed by atoms with Crippen molar-refractivity contribution in [2.45, 2.75) is 18.3 Å². The van der Waals surface area contributed by atoms with E-state index >= 15 is 0 Å². The second kappa shape index (κ2) is 14.5. The number of hydrogen-bond acceptors (Lipinski definition) is 3. The van der Waals surface area contributed by atoms with E-state index in [1.165, 1.54) is 33.4 Å². The van der Waals surface area contributed by atoms with Gasteiger partial charge in [-0.25, -0.2) is 0 Å². The molecular weight excluding hydrogens is 779 g/mol. The van der Waals surface area contributed by atoms with E-state index in [4.69, 9.17) is 8.83 Å². The van der Waals surface area contributed by atoms with Crippen LogP contribution in [-0.4, -0.2) is 0 Å². The fourth-order valence-electron chi connectivity index (χ4n) is 10.8. The molecule has 302 valence electrons. The van der Waals surface area contributed by atoms with Gasteiger partial charge in [-0.05, 0) is 118 Å². The predicted octanol–water partition coefficient (Wildman–Crippen LogP) is 16.9. The lowest BCUT2D eigenvalue weighted by Crippen LogP contribution is -2.30.